The molecule has 1 N–H and O–H groups in total. The van der Waals surface area contributed by atoms with Crippen LogP contribution >= 0.6 is 0 Å². The van der Waals surface area contributed by atoms with Gasteiger partial charge in [-0.2, -0.15) is 0 Å². The van der Waals surface area contributed by atoms with E-state index in [9.17, 15) is 9.59 Å². The number of nitrogens with one attached hydrogen (secondary N) is 1. The number of allylic oxidation sites excluding steroid dienone is 2. The van der Waals surface area contributed by atoms with E-state index in [2.05, 4.69) is 30.2 Å². The van der Waals surface area contributed by atoms with Gasteiger partial charge in [0.05, 0.1) is 7.11 Å². The molecule has 0 aromatic carbocycles. The highest BCUT2D eigenvalue weighted by molar-refractivity contribution is 5.95. The molecule has 0 aliphatic carbocycles. The lowest BCUT2D eigenvalue weighted by Crippen LogP contribution is -2.46. The van der Waals surface area contributed by atoms with Crippen molar-refractivity contribution in [2.24, 2.45) is 5.92 Å². The number of nitrogens with zero attached hydrogens (tertiary/aromatic N) is 1. The van der Waals surface area contributed by atoms with E-state index in [1.165, 1.54) is 12.7 Å². The van der Waals surface area contributed by atoms with Gasteiger partial charge in [0.25, 0.3) is 5.91 Å². The Morgan fingerprint density at radius 1 is 1.33 bits per heavy atom. The number of aromatic nitrogens is 1. The van der Waals surface area contributed by atoms with Crippen molar-refractivity contribution in [1.29, 1.82) is 0 Å². The van der Waals surface area contributed by atoms with Gasteiger partial charge in [-0.25, -0.2) is 4.79 Å². The molecule has 0 unspecified atom stereocenters. The highest BCUT2D eigenvalue weighted by Crippen LogP contribution is 2.19. The monoisotopic (exact) mass is 332 g/mol. The number of carbonyl (C=O) groups excluding carboxylic acids is 2. The average Bonchev–Trinajstić information content (AvgIpc) is 2.62. The third-order valence-corrected chi connectivity index (χ3v) is 4.08. The number of rotatable bonds is 9. The predicted molar refractivity (Wildman–Crippen MR) is 94.6 cm³/mol. The Kier molecular flexibility index (Phi) is 8.76. The Morgan fingerprint density at radius 2 is 2.08 bits per heavy atom. The maximum absolute atomic E-state index is 12.3. The second-order valence-electron chi connectivity index (χ2n) is 5.83. The second kappa shape index (κ2) is 10.6. The molecule has 0 bridgehead atoms. The molecule has 0 aliphatic heterocycles. The van der Waals surface area contributed by atoms with E-state index >= 15 is 0 Å². The van der Waals surface area contributed by atoms with Crippen LogP contribution in [-0.4, -0.2) is 30.0 Å². The molecule has 24 heavy (non-hydrogen) atoms. The van der Waals surface area contributed by atoms with Gasteiger partial charge in [0, 0.05) is 6.20 Å². The highest BCUT2D eigenvalue weighted by atomic mass is 16.5. The smallest absolute Gasteiger partial charge is 0.328 e. The van der Waals surface area contributed by atoms with E-state index in [0.717, 1.165) is 25.7 Å². The van der Waals surface area contributed by atoms with Crippen molar-refractivity contribution >= 4 is 11.9 Å². The van der Waals surface area contributed by atoms with Crippen LogP contribution in [0.1, 0.15) is 56.9 Å². The topological polar surface area (TPSA) is 68.3 Å². The van der Waals surface area contributed by atoms with Crippen molar-refractivity contribution < 1.29 is 14.3 Å². The van der Waals surface area contributed by atoms with Crippen LogP contribution in [0.4, 0.5) is 0 Å². The van der Waals surface area contributed by atoms with Crippen LogP contribution in [0.2, 0.25) is 0 Å². The van der Waals surface area contributed by atoms with Crippen LogP contribution in [0.5, 0.6) is 0 Å². The molecule has 5 heteroatoms. The zero-order valence-electron chi connectivity index (χ0n) is 15.0. The summed E-state index contributed by atoms with van der Waals surface area (Å²) < 4.78 is 4.86. The SMILES string of the molecule is CC/C=C(\CC)CC[C@H](C)[C@H](NC(=O)c1ccccn1)C(=O)OC. The molecule has 0 saturated carbocycles. The lowest BCUT2D eigenvalue weighted by atomic mass is 9.93. The zero-order valence-corrected chi connectivity index (χ0v) is 15.0. The molecule has 0 spiro atoms. The molecule has 1 heterocycles. The van der Waals surface area contributed by atoms with Crippen LogP contribution in [0.25, 0.3) is 0 Å². The highest BCUT2D eigenvalue weighted by Gasteiger charge is 2.28. The summed E-state index contributed by atoms with van der Waals surface area (Å²) in [5, 5.41) is 2.76. The van der Waals surface area contributed by atoms with Gasteiger partial charge in [-0.1, -0.05) is 38.5 Å². The third-order valence-electron chi connectivity index (χ3n) is 4.08. The Morgan fingerprint density at radius 3 is 2.62 bits per heavy atom. The molecule has 2 atom stereocenters. The fourth-order valence-electron chi connectivity index (χ4n) is 2.56. The number of methoxy groups -OCH3 is 1. The van der Waals surface area contributed by atoms with Gasteiger partial charge in [0.15, 0.2) is 0 Å². The quantitative estimate of drug-likeness (QED) is 0.555. The van der Waals surface area contributed by atoms with Crippen LogP contribution in [-0.2, 0) is 9.53 Å². The fourth-order valence-corrected chi connectivity index (χ4v) is 2.56. The predicted octanol–water partition coefficient (Wildman–Crippen LogP) is 3.52. The Bertz CT molecular complexity index is 555. The van der Waals surface area contributed by atoms with E-state index in [0.29, 0.717) is 5.69 Å². The number of hydrogen-bond donors (Lipinski definition) is 1. The summed E-state index contributed by atoms with van der Waals surface area (Å²) in [7, 11) is 1.34. The third kappa shape index (κ3) is 6.14. The first-order valence-corrected chi connectivity index (χ1v) is 8.51. The van der Waals surface area contributed by atoms with Crippen LogP contribution in [0.15, 0.2) is 36.0 Å². The number of carbonyl (C=O) groups is 2. The van der Waals surface area contributed by atoms with Gasteiger partial charge in [0.2, 0.25) is 0 Å². The average molecular weight is 332 g/mol. The number of esters is 1. The van der Waals surface area contributed by atoms with Crippen LogP contribution in [0, 0.1) is 5.92 Å². The minimum Gasteiger partial charge on any atom is -0.467 e. The van der Waals surface area contributed by atoms with E-state index in [-0.39, 0.29) is 11.8 Å². The van der Waals surface area contributed by atoms with Crippen molar-refractivity contribution in [3.63, 3.8) is 0 Å². The van der Waals surface area contributed by atoms with Gasteiger partial charge in [0.1, 0.15) is 11.7 Å². The van der Waals surface area contributed by atoms with Gasteiger partial charge < -0.3 is 10.1 Å². The maximum Gasteiger partial charge on any atom is 0.328 e. The molecule has 1 aromatic rings. The molecule has 0 radical (unpaired) electrons. The molecule has 1 rings (SSSR count). The molecule has 0 fully saturated rings. The van der Waals surface area contributed by atoms with Crippen molar-refractivity contribution in [3.8, 4) is 0 Å². The van der Waals surface area contributed by atoms with Crippen LogP contribution < -0.4 is 5.32 Å². The molecule has 0 aliphatic rings. The van der Waals surface area contributed by atoms with Crippen molar-refractivity contribution in [2.75, 3.05) is 7.11 Å². The van der Waals surface area contributed by atoms with Gasteiger partial charge in [-0.05, 0) is 43.7 Å². The number of ether oxygens (including phenoxy) is 1. The Labute approximate surface area is 144 Å². The summed E-state index contributed by atoms with van der Waals surface area (Å²) in [6.07, 6.45) is 7.51. The summed E-state index contributed by atoms with van der Waals surface area (Å²) in [5.41, 5.74) is 1.67. The molecule has 5 nitrogen and oxygen atoms in total. The van der Waals surface area contributed by atoms with Gasteiger partial charge in [-0.15, -0.1) is 0 Å². The van der Waals surface area contributed by atoms with Gasteiger partial charge in [-0.3, -0.25) is 9.78 Å². The minimum absolute atomic E-state index is 0.0306. The normalized spacial score (nSPS) is 13.9. The van der Waals surface area contributed by atoms with E-state index < -0.39 is 12.0 Å². The lowest BCUT2D eigenvalue weighted by molar-refractivity contribution is -0.144. The fraction of sp³-hybridized carbons (Fsp3) is 0.526. The number of pyridine rings is 1. The molecule has 1 aromatic heterocycles. The lowest BCUT2D eigenvalue weighted by Gasteiger charge is -2.23. The summed E-state index contributed by atoms with van der Waals surface area (Å²) in [4.78, 5) is 28.4. The maximum atomic E-state index is 12.3. The number of amides is 1. The second-order valence-corrected chi connectivity index (χ2v) is 5.83. The summed E-state index contributed by atoms with van der Waals surface area (Å²) in [6, 6.07) is 4.42. The molecular formula is C19H28N2O3. The first kappa shape index (κ1) is 19.9. The largest absolute Gasteiger partial charge is 0.467 e. The van der Waals surface area contributed by atoms with Gasteiger partial charge >= 0.3 is 5.97 Å². The molecular weight excluding hydrogens is 304 g/mol. The summed E-state index contributed by atoms with van der Waals surface area (Å²) in [6.45, 7) is 6.20. The standard InChI is InChI=1S/C19H28N2O3/c1-5-9-15(6-2)12-11-14(3)17(19(23)24-4)21-18(22)16-10-7-8-13-20-16/h7-10,13-14,17H,5-6,11-12H2,1-4H3,(H,21,22)/b15-9+/t14-,17-/m0/s1. The molecule has 0 saturated heterocycles. The molecule has 132 valence electrons. The van der Waals surface area contributed by atoms with Crippen molar-refractivity contribution in [3.05, 3.63) is 41.7 Å². The Balaban J connectivity index is 2.76. The first-order chi connectivity index (χ1) is 11.5. The van der Waals surface area contributed by atoms with E-state index in [4.69, 9.17) is 4.74 Å². The first-order valence-electron chi connectivity index (χ1n) is 8.51. The summed E-state index contributed by atoms with van der Waals surface area (Å²) >= 11 is 0. The van der Waals surface area contributed by atoms with Crippen LogP contribution in [0.3, 0.4) is 0 Å². The van der Waals surface area contributed by atoms with E-state index in [1.807, 2.05) is 6.92 Å². The number of hydrogen-bond acceptors (Lipinski definition) is 4. The van der Waals surface area contributed by atoms with E-state index in [1.54, 1.807) is 24.4 Å². The Hall–Kier alpha value is -2.17. The minimum atomic E-state index is -0.677. The molecule has 1 amide bonds. The van der Waals surface area contributed by atoms with Crippen molar-refractivity contribution in [2.45, 2.75) is 52.5 Å². The summed E-state index contributed by atoms with van der Waals surface area (Å²) in [5.74, 6) is -0.820. The zero-order chi connectivity index (χ0) is 17.9. The van der Waals surface area contributed by atoms with Crippen molar-refractivity contribution in [1.82, 2.24) is 10.3 Å².